The smallest absolute Gasteiger partial charge is 0.0471 e. The zero-order chi connectivity index (χ0) is 13.8. The molecule has 3 rings (SSSR count). The van der Waals surface area contributed by atoms with E-state index in [2.05, 4.69) is 35.8 Å². The van der Waals surface area contributed by atoms with E-state index in [-0.39, 0.29) is 0 Å². The van der Waals surface area contributed by atoms with Gasteiger partial charge in [-0.3, -0.25) is 0 Å². The van der Waals surface area contributed by atoms with Crippen LogP contribution in [0.3, 0.4) is 0 Å². The molecule has 0 atom stereocenters. The van der Waals surface area contributed by atoms with E-state index in [9.17, 15) is 0 Å². The van der Waals surface area contributed by atoms with Crippen LogP contribution in [-0.4, -0.2) is 26.3 Å². The van der Waals surface area contributed by atoms with E-state index in [0.717, 1.165) is 32.8 Å². The summed E-state index contributed by atoms with van der Waals surface area (Å²) < 4.78 is 5.47. The number of rotatable bonds is 4. The molecule has 0 radical (unpaired) electrons. The highest BCUT2D eigenvalue weighted by Gasteiger charge is 2.26. The van der Waals surface area contributed by atoms with E-state index in [1.54, 1.807) is 0 Å². The first-order chi connectivity index (χ1) is 9.77. The van der Waals surface area contributed by atoms with E-state index in [1.807, 2.05) is 0 Å². The predicted molar refractivity (Wildman–Crippen MR) is 83.1 cm³/mol. The first-order valence-corrected chi connectivity index (χ1v) is 7.90. The fourth-order valence-electron chi connectivity index (χ4n) is 3.29. The number of fused-ring (bicyclic) bond motifs is 1. The predicted octanol–water partition coefficient (Wildman–Crippen LogP) is 2.95. The molecular formula is C17H26N2O. The first-order valence-electron chi connectivity index (χ1n) is 7.90. The molecule has 2 aliphatic rings. The topological polar surface area (TPSA) is 33.3 Å². The van der Waals surface area contributed by atoms with Gasteiger partial charge in [0.15, 0.2) is 0 Å². The number of anilines is 1. The van der Waals surface area contributed by atoms with Gasteiger partial charge in [0, 0.05) is 38.5 Å². The van der Waals surface area contributed by atoms with Crippen LogP contribution in [0.15, 0.2) is 18.2 Å². The van der Waals surface area contributed by atoms with E-state index in [1.165, 1.54) is 42.5 Å². The average Bonchev–Trinajstić information content (AvgIpc) is 2.48. The van der Waals surface area contributed by atoms with Crippen molar-refractivity contribution >= 4 is 5.69 Å². The Morgan fingerprint density at radius 3 is 3.00 bits per heavy atom. The number of hydrogen-bond donors (Lipinski definition) is 2. The summed E-state index contributed by atoms with van der Waals surface area (Å²) in [7, 11) is 0. The standard InChI is InChI=1S/C17H26N2O/c1-17(7-10-20-11-8-17)13-18-12-14-4-2-6-16-15(14)5-3-9-19-16/h2,4,6,18-19H,3,5,7-13H2,1H3. The van der Waals surface area contributed by atoms with Crippen molar-refractivity contribution in [3.8, 4) is 0 Å². The normalized spacial score (nSPS) is 21.1. The van der Waals surface area contributed by atoms with Gasteiger partial charge in [0.05, 0.1) is 0 Å². The van der Waals surface area contributed by atoms with E-state index >= 15 is 0 Å². The lowest BCUT2D eigenvalue weighted by atomic mass is 9.82. The Bertz CT molecular complexity index is 452. The maximum atomic E-state index is 5.47. The Hall–Kier alpha value is -1.06. The molecule has 2 N–H and O–H groups in total. The van der Waals surface area contributed by atoms with Crippen LogP contribution < -0.4 is 10.6 Å². The summed E-state index contributed by atoms with van der Waals surface area (Å²) in [4.78, 5) is 0. The zero-order valence-electron chi connectivity index (χ0n) is 12.5. The zero-order valence-corrected chi connectivity index (χ0v) is 12.5. The highest BCUT2D eigenvalue weighted by atomic mass is 16.5. The van der Waals surface area contributed by atoms with Crippen molar-refractivity contribution in [3.05, 3.63) is 29.3 Å². The second kappa shape index (κ2) is 6.15. The third-order valence-corrected chi connectivity index (χ3v) is 4.76. The summed E-state index contributed by atoms with van der Waals surface area (Å²) in [6.07, 6.45) is 4.81. The average molecular weight is 274 g/mol. The lowest BCUT2D eigenvalue weighted by Crippen LogP contribution is -2.36. The maximum absolute atomic E-state index is 5.47. The minimum Gasteiger partial charge on any atom is -0.385 e. The van der Waals surface area contributed by atoms with Crippen LogP contribution in [0.1, 0.15) is 37.3 Å². The van der Waals surface area contributed by atoms with Gasteiger partial charge in [-0.25, -0.2) is 0 Å². The number of ether oxygens (including phenoxy) is 1. The van der Waals surface area contributed by atoms with Gasteiger partial charge in [-0.05, 0) is 48.3 Å². The van der Waals surface area contributed by atoms with Gasteiger partial charge in [0.25, 0.3) is 0 Å². The number of nitrogens with one attached hydrogen (secondary N) is 2. The van der Waals surface area contributed by atoms with Crippen molar-refractivity contribution in [2.75, 3.05) is 31.6 Å². The summed E-state index contributed by atoms with van der Waals surface area (Å²) in [6.45, 7) is 7.41. The molecule has 20 heavy (non-hydrogen) atoms. The van der Waals surface area contributed by atoms with Crippen molar-refractivity contribution in [2.45, 2.75) is 39.2 Å². The van der Waals surface area contributed by atoms with Crippen LogP contribution in [0.2, 0.25) is 0 Å². The van der Waals surface area contributed by atoms with Gasteiger partial charge in [-0.15, -0.1) is 0 Å². The largest absolute Gasteiger partial charge is 0.385 e. The molecule has 2 aliphatic heterocycles. The molecule has 3 nitrogen and oxygen atoms in total. The Kier molecular flexibility index (Phi) is 4.27. The van der Waals surface area contributed by atoms with E-state index in [0.29, 0.717) is 5.41 Å². The second-order valence-corrected chi connectivity index (χ2v) is 6.50. The summed E-state index contributed by atoms with van der Waals surface area (Å²) >= 11 is 0. The Morgan fingerprint density at radius 2 is 2.15 bits per heavy atom. The summed E-state index contributed by atoms with van der Waals surface area (Å²) in [5, 5.41) is 7.18. The maximum Gasteiger partial charge on any atom is 0.0471 e. The van der Waals surface area contributed by atoms with Crippen LogP contribution in [0.4, 0.5) is 5.69 Å². The van der Waals surface area contributed by atoms with E-state index < -0.39 is 0 Å². The molecule has 110 valence electrons. The Balaban J connectivity index is 1.58. The van der Waals surface area contributed by atoms with Crippen LogP contribution >= 0.6 is 0 Å². The molecule has 2 heterocycles. The quantitative estimate of drug-likeness (QED) is 0.885. The molecule has 0 unspecified atom stereocenters. The third kappa shape index (κ3) is 3.15. The molecule has 1 saturated heterocycles. The van der Waals surface area contributed by atoms with Crippen LogP contribution in [0.25, 0.3) is 0 Å². The molecule has 0 spiro atoms. The van der Waals surface area contributed by atoms with Crippen molar-refractivity contribution in [3.63, 3.8) is 0 Å². The molecule has 3 heteroatoms. The minimum absolute atomic E-state index is 0.408. The summed E-state index contributed by atoms with van der Waals surface area (Å²) in [5.41, 5.74) is 4.73. The first kappa shape index (κ1) is 13.9. The Labute approximate surface area is 122 Å². The van der Waals surface area contributed by atoms with Gasteiger partial charge < -0.3 is 15.4 Å². The summed E-state index contributed by atoms with van der Waals surface area (Å²) in [6, 6.07) is 6.65. The minimum atomic E-state index is 0.408. The fourth-order valence-corrected chi connectivity index (χ4v) is 3.29. The highest BCUT2D eigenvalue weighted by Crippen LogP contribution is 2.29. The molecule has 0 bridgehead atoms. The lowest BCUT2D eigenvalue weighted by molar-refractivity contribution is 0.0240. The number of hydrogen-bond acceptors (Lipinski definition) is 3. The highest BCUT2D eigenvalue weighted by molar-refractivity contribution is 5.56. The van der Waals surface area contributed by atoms with Gasteiger partial charge in [0.2, 0.25) is 0 Å². The van der Waals surface area contributed by atoms with Crippen molar-refractivity contribution in [1.29, 1.82) is 0 Å². The van der Waals surface area contributed by atoms with Crippen LogP contribution in [0, 0.1) is 5.41 Å². The Morgan fingerprint density at radius 1 is 1.30 bits per heavy atom. The van der Waals surface area contributed by atoms with Gasteiger partial charge in [-0.2, -0.15) is 0 Å². The summed E-state index contributed by atoms with van der Waals surface area (Å²) in [5.74, 6) is 0. The van der Waals surface area contributed by atoms with Crippen molar-refractivity contribution in [1.82, 2.24) is 5.32 Å². The van der Waals surface area contributed by atoms with Gasteiger partial charge in [0.1, 0.15) is 0 Å². The van der Waals surface area contributed by atoms with Crippen molar-refractivity contribution < 1.29 is 4.74 Å². The molecule has 1 fully saturated rings. The SMILES string of the molecule is CC1(CNCc2cccc3c2CCCN3)CCOCC1. The molecule has 1 aromatic rings. The van der Waals surface area contributed by atoms with Crippen LogP contribution in [-0.2, 0) is 17.7 Å². The molecule has 0 amide bonds. The molecule has 0 aliphatic carbocycles. The number of benzene rings is 1. The molecule has 0 aromatic heterocycles. The molecule has 0 saturated carbocycles. The van der Waals surface area contributed by atoms with Gasteiger partial charge >= 0.3 is 0 Å². The van der Waals surface area contributed by atoms with Crippen LogP contribution in [0.5, 0.6) is 0 Å². The monoisotopic (exact) mass is 274 g/mol. The van der Waals surface area contributed by atoms with Crippen molar-refractivity contribution in [2.24, 2.45) is 5.41 Å². The molecular weight excluding hydrogens is 248 g/mol. The third-order valence-electron chi connectivity index (χ3n) is 4.76. The van der Waals surface area contributed by atoms with E-state index in [4.69, 9.17) is 4.74 Å². The molecule has 1 aromatic carbocycles. The second-order valence-electron chi connectivity index (χ2n) is 6.50. The fraction of sp³-hybridized carbons (Fsp3) is 0.647. The van der Waals surface area contributed by atoms with Gasteiger partial charge in [-0.1, -0.05) is 19.1 Å². The lowest BCUT2D eigenvalue weighted by Gasteiger charge is -2.34.